The summed E-state index contributed by atoms with van der Waals surface area (Å²) in [6, 6.07) is 7.18. The fourth-order valence-corrected chi connectivity index (χ4v) is 2.39. The average Bonchev–Trinajstić information content (AvgIpc) is 2.20. The van der Waals surface area contributed by atoms with Crippen LogP contribution in [0.15, 0.2) is 18.2 Å². The van der Waals surface area contributed by atoms with Gasteiger partial charge in [0.1, 0.15) is 0 Å². The number of aryl methyl sites for hydroxylation is 2. The molecule has 0 aromatic heterocycles. The van der Waals surface area contributed by atoms with Gasteiger partial charge < -0.3 is 0 Å². The number of rotatable bonds is 4. The van der Waals surface area contributed by atoms with Crippen molar-refractivity contribution in [3.63, 3.8) is 0 Å². The Morgan fingerprint density at radius 2 is 2.06 bits per heavy atom. The summed E-state index contributed by atoms with van der Waals surface area (Å²) in [6.45, 7) is 4.33. The molecule has 1 aliphatic rings. The van der Waals surface area contributed by atoms with Crippen molar-refractivity contribution in [2.24, 2.45) is 11.8 Å². The Hall–Kier alpha value is -0.860. The van der Waals surface area contributed by atoms with E-state index in [9.17, 15) is 0 Å². The molecule has 3 N–H and O–H groups in total. The van der Waals surface area contributed by atoms with E-state index in [1.807, 2.05) is 0 Å². The van der Waals surface area contributed by atoms with Crippen LogP contribution in [0.5, 0.6) is 0 Å². The number of benzene rings is 1. The quantitative estimate of drug-likeness (QED) is 0.602. The number of hydrogen-bond acceptors (Lipinski definition) is 2. The van der Waals surface area contributed by atoms with E-state index in [2.05, 4.69) is 37.5 Å². The molecule has 1 aromatic rings. The van der Waals surface area contributed by atoms with Gasteiger partial charge in [0, 0.05) is 6.04 Å². The van der Waals surface area contributed by atoms with E-state index in [4.69, 9.17) is 5.84 Å². The molecule has 2 heteroatoms. The lowest BCUT2D eigenvalue weighted by Crippen LogP contribution is -2.44. The van der Waals surface area contributed by atoms with E-state index >= 15 is 0 Å². The molecule has 1 aromatic carbocycles. The number of nitrogens with one attached hydrogen (secondary N) is 1. The van der Waals surface area contributed by atoms with Crippen LogP contribution in [0.25, 0.3) is 0 Å². The molecular formula is C14H22N2. The lowest BCUT2D eigenvalue weighted by molar-refractivity contribution is 0.228. The number of nitrogens with two attached hydrogens (primary N) is 1. The van der Waals surface area contributed by atoms with Crippen molar-refractivity contribution in [3.8, 4) is 0 Å². The molecule has 0 bridgehead atoms. The summed E-state index contributed by atoms with van der Waals surface area (Å²) in [6.07, 6.45) is 5.09. The van der Waals surface area contributed by atoms with E-state index in [0.29, 0.717) is 6.04 Å². The maximum Gasteiger partial charge on any atom is 0.0279 e. The van der Waals surface area contributed by atoms with Gasteiger partial charge in [-0.15, -0.1) is 0 Å². The average molecular weight is 218 g/mol. The Kier molecular flexibility index (Phi) is 3.62. The van der Waals surface area contributed by atoms with Gasteiger partial charge in [0.05, 0.1) is 0 Å². The van der Waals surface area contributed by atoms with Gasteiger partial charge in [0.25, 0.3) is 0 Å². The maximum absolute atomic E-state index is 5.65. The third-order valence-electron chi connectivity index (χ3n) is 3.96. The van der Waals surface area contributed by atoms with Crippen molar-refractivity contribution in [2.45, 2.75) is 45.6 Å². The Balaban J connectivity index is 2.03. The van der Waals surface area contributed by atoms with E-state index < -0.39 is 0 Å². The zero-order valence-corrected chi connectivity index (χ0v) is 10.3. The van der Waals surface area contributed by atoms with Gasteiger partial charge in [-0.25, -0.2) is 0 Å². The Morgan fingerprint density at radius 1 is 1.31 bits per heavy atom. The van der Waals surface area contributed by atoms with Crippen molar-refractivity contribution in [1.82, 2.24) is 5.43 Å². The minimum atomic E-state index is 0.454. The van der Waals surface area contributed by atoms with Gasteiger partial charge >= 0.3 is 0 Å². The first-order chi connectivity index (χ1) is 7.70. The molecule has 1 unspecified atom stereocenters. The fraction of sp³-hybridized carbons (Fsp3) is 0.571. The summed E-state index contributed by atoms with van der Waals surface area (Å²) in [5, 5.41) is 0. The molecule has 0 heterocycles. The minimum absolute atomic E-state index is 0.454. The van der Waals surface area contributed by atoms with E-state index in [-0.39, 0.29) is 0 Å². The molecule has 0 radical (unpaired) electrons. The molecule has 2 rings (SSSR count). The Bertz CT molecular complexity index is 356. The van der Waals surface area contributed by atoms with Gasteiger partial charge in [-0.05, 0) is 55.7 Å². The molecule has 16 heavy (non-hydrogen) atoms. The van der Waals surface area contributed by atoms with E-state index in [1.54, 1.807) is 0 Å². The summed E-state index contributed by atoms with van der Waals surface area (Å²) in [7, 11) is 0. The van der Waals surface area contributed by atoms with E-state index in [0.717, 1.165) is 12.3 Å². The molecule has 88 valence electrons. The van der Waals surface area contributed by atoms with Crippen molar-refractivity contribution < 1.29 is 0 Å². The maximum atomic E-state index is 5.65. The van der Waals surface area contributed by atoms with Gasteiger partial charge in [-0.3, -0.25) is 11.3 Å². The fourth-order valence-electron chi connectivity index (χ4n) is 2.39. The van der Waals surface area contributed by atoms with Crippen LogP contribution in [0.4, 0.5) is 0 Å². The molecule has 1 atom stereocenters. The molecule has 1 saturated carbocycles. The summed E-state index contributed by atoms with van der Waals surface area (Å²) in [4.78, 5) is 0. The second-order valence-electron chi connectivity index (χ2n) is 5.09. The highest BCUT2D eigenvalue weighted by atomic mass is 15.2. The zero-order valence-electron chi connectivity index (χ0n) is 10.3. The molecule has 0 spiro atoms. The van der Waals surface area contributed by atoms with Crippen LogP contribution in [-0.4, -0.2) is 6.04 Å². The summed E-state index contributed by atoms with van der Waals surface area (Å²) in [5.74, 6) is 6.43. The van der Waals surface area contributed by atoms with Crippen molar-refractivity contribution in [3.05, 3.63) is 34.9 Å². The third kappa shape index (κ3) is 2.45. The topological polar surface area (TPSA) is 38.0 Å². The lowest BCUT2D eigenvalue weighted by Gasteiger charge is -2.33. The Morgan fingerprint density at radius 3 is 2.56 bits per heavy atom. The second-order valence-corrected chi connectivity index (χ2v) is 5.09. The lowest BCUT2D eigenvalue weighted by atomic mass is 9.78. The first-order valence-corrected chi connectivity index (χ1v) is 6.23. The van der Waals surface area contributed by atoms with Gasteiger partial charge in [0.15, 0.2) is 0 Å². The predicted molar refractivity (Wildman–Crippen MR) is 68.1 cm³/mol. The van der Waals surface area contributed by atoms with Crippen LogP contribution in [0.1, 0.15) is 36.0 Å². The number of hydrazine groups is 1. The first-order valence-electron chi connectivity index (χ1n) is 6.23. The minimum Gasteiger partial charge on any atom is -0.271 e. The van der Waals surface area contributed by atoms with Gasteiger partial charge in [-0.1, -0.05) is 24.6 Å². The Labute approximate surface area is 98.2 Å². The molecule has 0 aliphatic heterocycles. The van der Waals surface area contributed by atoms with E-state index in [1.165, 1.54) is 36.0 Å². The molecule has 1 aliphatic carbocycles. The van der Waals surface area contributed by atoms with Crippen LogP contribution in [0.3, 0.4) is 0 Å². The van der Waals surface area contributed by atoms with Gasteiger partial charge in [-0.2, -0.15) is 0 Å². The summed E-state index contributed by atoms with van der Waals surface area (Å²) in [5.41, 5.74) is 7.13. The molecule has 0 saturated heterocycles. The molecule has 0 amide bonds. The van der Waals surface area contributed by atoms with Crippen LogP contribution >= 0.6 is 0 Å². The van der Waals surface area contributed by atoms with Crippen molar-refractivity contribution in [1.29, 1.82) is 0 Å². The van der Waals surface area contributed by atoms with Crippen LogP contribution in [0.2, 0.25) is 0 Å². The highest BCUT2D eigenvalue weighted by Gasteiger charge is 2.26. The normalized spacial score (nSPS) is 18.2. The third-order valence-corrected chi connectivity index (χ3v) is 3.96. The molecule has 2 nitrogen and oxygen atoms in total. The van der Waals surface area contributed by atoms with Crippen molar-refractivity contribution >= 4 is 0 Å². The second kappa shape index (κ2) is 4.98. The monoisotopic (exact) mass is 218 g/mol. The van der Waals surface area contributed by atoms with Crippen LogP contribution in [0, 0.1) is 19.8 Å². The highest BCUT2D eigenvalue weighted by molar-refractivity contribution is 5.30. The van der Waals surface area contributed by atoms with Crippen LogP contribution < -0.4 is 11.3 Å². The summed E-state index contributed by atoms with van der Waals surface area (Å²) < 4.78 is 0. The largest absolute Gasteiger partial charge is 0.271 e. The predicted octanol–water partition coefficient (Wildman–Crippen LogP) is 2.48. The standard InChI is InChI=1S/C14H22N2/c1-10-6-7-12(8-11(10)2)9-14(16-15)13-4-3-5-13/h6-8,13-14,16H,3-5,9,15H2,1-2H3. The number of hydrogen-bond donors (Lipinski definition) is 2. The smallest absolute Gasteiger partial charge is 0.0279 e. The van der Waals surface area contributed by atoms with Gasteiger partial charge in [0.2, 0.25) is 0 Å². The SMILES string of the molecule is Cc1ccc(CC(NN)C2CCC2)cc1C. The summed E-state index contributed by atoms with van der Waals surface area (Å²) >= 11 is 0. The molecular weight excluding hydrogens is 196 g/mol. The van der Waals surface area contributed by atoms with Crippen LogP contribution in [-0.2, 0) is 6.42 Å². The zero-order chi connectivity index (χ0) is 11.5. The molecule has 1 fully saturated rings. The first kappa shape index (κ1) is 11.6. The highest BCUT2D eigenvalue weighted by Crippen LogP contribution is 2.30. The van der Waals surface area contributed by atoms with Crippen molar-refractivity contribution in [2.75, 3.05) is 0 Å².